The van der Waals surface area contributed by atoms with E-state index in [2.05, 4.69) is 0 Å². The van der Waals surface area contributed by atoms with E-state index in [0.717, 1.165) is 23.3 Å². The van der Waals surface area contributed by atoms with Gasteiger partial charge in [0, 0.05) is 17.7 Å². The van der Waals surface area contributed by atoms with Crippen LogP contribution in [-0.2, 0) is 6.61 Å². The number of ether oxygens (including phenoxy) is 3. The van der Waals surface area contributed by atoms with Crippen molar-refractivity contribution in [3.8, 4) is 17.2 Å². The van der Waals surface area contributed by atoms with Crippen LogP contribution in [0.5, 0.6) is 17.2 Å². The van der Waals surface area contributed by atoms with Crippen molar-refractivity contribution in [2.45, 2.75) is 26.0 Å². The van der Waals surface area contributed by atoms with E-state index in [1.807, 2.05) is 49.4 Å². The summed E-state index contributed by atoms with van der Waals surface area (Å²) in [5.74, 6) is 2.03. The van der Waals surface area contributed by atoms with Crippen LogP contribution in [0.3, 0.4) is 0 Å². The number of methoxy groups -OCH3 is 2. The number of hydrogen-bond acceptors (Lipinski definition) is 4. The first kappa shape index (κ1) is 16.2. The van der Waals surface area contributed by atoms with Gasteiger partial charge in [0.25, 0.3) is 0 Å². The van der Waals surface area contributed by atoms with E-state index in [4.69, 9.17) is 19.9 Å². The zero-order chi connectivity index (χ0) is 15.9. The number of nitrogens with two attached hydrogens (primary N) is 1. The molecule has 4 nitrogen and oxygen atoms in total. The van der Waals surface area contributed by atoms with E-state index in [1.54, 1.807) is 14.2 Å². The molecule has 0 saturated carbocycles. The molecule has 0 aliphatic rings. The summed E-state index contributed by atoms with van der Waals surface area (Å²) in [5.41, 5.74) is 8.23. The maximum atomic E-state index is 6.20. The molecule has 0 unspecified atom stereocenters. The average Bonchev–Trinajstić information content (AvgIpc) is 2.59. The monoisotopic (exact) mass is 301 g/mol. The highest BCUT2D eigenvalue weighted by atomic mass is 16.5. The molecule has 2 aromatic carbocycles. The van der Waals surface area contributed by atoms with E-state index in [9.17, 15) is 0 Å². The lowest BCUT2D eigenvalue weighted by Gasteiger charge is -2.19. The quantitative estimate of drug-likeness (QED) is 0.847. The van der Waals surface area contributed by atoms with Crippen molar-refractivity contribution < 1.29 is 14.2 Å². The highest BCUT2D eigenvalue weighted by Gasteiger charge is 2.16. The first-order valence-electron chi connectivity index (χ1n) is 7.37. The molecule has 1 atom stereocenters. The minimum Gasteiger partial charge on any atom is -0.493 e. The third-order valence-electron chi connectivity index (χ3n) is 3.59. The van der Waals surface area contributed by atoms with Crippen molar-refractivity contribution in [1.82, 2.24) is 0 Å². The molecule has 2 aromatic rings. The first-order valence-corrected chi connectivity index (χ1v) is 7.37. The summed E-state index contributed by atoms with van der Waals surface area (Å²) < 4.78 is 16.7. The van der Waals surface area contributed by atoms with Gasteiger partial charge in [-0.3, -0.25) is 0 Å². The van der Waals surface area contributed by atoms with Gasteiger partial charge >= 0.3 is 0 Å². The van der Waals surface area contributed by atoms with Gasteiger partial charge in [-0.15, -0.1) is 0 Å². The lowest BCUT2D eigenvalue weighted by Crippen LogP contribution is -2.11. The Bertz CT molecular complexity index is 599. The van der Waals surface area contributed by atoms with E-state index >= 15 is 0 Å². The molecule has 22 heavy (non-hydrogen) atoms. The van der Waals surface area contributed by atoms with Gasteiger partial charge in [0.15, 0.2) is 11.5 Å². The SMILES string of the molecule is CC[C@H](N)c1cc(OC)c(OC)cc1OCc1ccccc1. The fourth-order valence-electron chi connectivity index (χ4n) is 2.25. The van der Waals surface area contributed by atoms with Crippen LogP contribution >= 0.6 is 0 Å². The molecule has 0 bridgehead atoms. The first-order chi connectivity index (χ1) is 10.7. The van der Waals surface area contributed by atoms with E-state index in [1.165, 1.54) is 0 Å². The van der Waals surface area contributed by atoms with Gasteiger partial charge in [0.1, 0.15) is 12.4 Å². The van der Waals surface area contributed by atoms with Crippen LogP contribution in [0.15, 0.2) is 42.5 Å². The summed E-state index contributed by atoms with van der Waals surface area (Å²) in [5, 5.41) is 0. The van der Waals surface area contributed by atoms with Crippen molar-refractivity contribution in [2.24, 2.45) is 5.73 Å². The van der Waals surface area contributed by atoms with E-state index < -0.39 is 0 Å². The van der Waals surface area contributed by atoms with Crippen molar-refractivity contribution in [1.29, 1.82) is 0 Å². The fraction of sp³-hybridized carbons (Fsp3) is 0.333. The molecule has 0 saturated heterocycles. The zero-order valence-electron chi connectivity index (χ0n) is 13.3. The van der Waals surface area contributed by atoms with E-state index in [-0.39, 0.29) is 6.04 Å². The molecule has 0 amide bonds. The fourth-order valence-corrected chi connectivity index (χ4v) is 2.25. The molecular formula is C18H23NO3. The summed E-state index contributed by atoms with van der Waals surface area (Å²) >= 11 is 0. The summed E-state index contributed by atoms with van der Waals surface area (Å²) in [7, 11) is 3.22. The Kier molecular flexibility index (Phi) is 5.67. The van der Waals surface area contributed by atoms with Gasteiger partial charge in [0.05, 0.1) is 14.2 Å². The van der Waals surface area contributed by atoms with Gasteiger partial charge in [-0.05, 0) is 18.1 Å². The minimum atomic E-state index is -0.106. The van der Waals surface area contributed by atoms with Crippen LogP contribution in [0.25, 0.3) is 0 Å². The summed E-state index contributed by atoms with van der Waals surface area (Å²) in [6.45, 7) is 2.53. The molecule has 0 heterocycles. The Balaban J connectivity index is 2.30. The molecule has 0 fully saturated rings. The van der Waals surface area contributed by atoms with Crippen molar-refractivity contribution in [2.75, 3.05) is 14.2 Å². The number of benzene rings is 2. The van der Waals surface area contributed by atoms with Crippen LogP contribution in [0.4, 0.5) is 0 Å². The third kappa shape index (κ3) is 3.71. The average molecular weight is 301 g/mol. The minimum absolute atomic E-state index is 0.106. The molecule has 0 spiro atoms. The molecule has 0 aliphatic heterocycles. The van der Waals surface area contributed by atoms with Crippen LogP contribution in [-0.4, -0.2) is 14.2 Å². The predicted octanol–water partition coefficient (Wildman–Crippen LogP) is 3.69. The van der Waals surface area contributed by atoms with E-state index in [0.29, 0.717) is 18.1 Å². The van der Waals surface area contributed by atoms with Crippen molar-refractivity contribution >= 4 is 0 Å². The Morgan fingerprint density at radius 1 is 0.955 bits per heavy atom. The Hall–Kier alpha value is -2.20. The molecule has 0 radical (unpaired) electrons. The molecule has 118 valence electrons. The maximum Gasteiger partial charge on any atom is 0.164 e. The van der Waals surface area contributed by atoms with Crippen LogP contribution < -0.4 is 19.9 Å². The molecule has 4 heteroatoms. The Labute approximate surface area is 131 Å². The Morgan fingerprint density at radius 3 is 2.18 bits per heavy atom. The van der Waals surface area contributed by atoms with Crippen LogP contribution in [0, 0.1) is 0 Å². The Morgan fingerprint density at radius 2 is 1.59 bits per heavy atom. The van der Waals surface area contributed by atoms with Gasteiger partial charge in [-0.2, -0.15) is 0 Å². The summed E-state index contributed by atoms with van der Waals surface area (Å²) in [6, 6.07) is 13.7. The topological polar surface area (TPSA) is 53.7 Å². The molecule has 2 N–H and O–H groups in total. The number of hydrogen-bond donors (Lipinski definition) is 1. The van der Waals surface area contributed by atoms with Crippen LogP contribution in [0.1, 0.15) is 30.5 Å². The number of rotatable bonds is 7. The maximum absolute atomic E-state index is 6.20. The largest absolute Gasteiger partial charge is 0.493 e. The van der Waals surface area contributed by atoms with Crippen molar-refractivity contribution in [3.63, 3.8) is 0 Å². The van der Waals surface area contributed by atoms with Crippen molar-refractivity contribution in [3.05, 3.63) is 53.6 Å². The lowest BCUT2D eigenvalue weighted by atomic mass is 10.0. The second-order valence-corrected chi connectivity index (χ2v) is 5.03. The lowest BCUT2D eigenvalue weighted by molar-refractivity contribution is 0.294. The second-order valence-electron chi connectivity index (χ2n) is 5.03. The van der Waals surface area contributed by atoms with Crippen LogP contribution in [0.2, 0.25) is 0 Å². The summed E-state index contributed by atoms with van der Waals surface area (Å²) in [6.07, 6.45) is 0.817. The standard InChI is InChI=1S/C18H23NO3/c1-4-15(19)14-10-17(20-2)18(21-3)11-16(14)22-12-13-8-6-5-7-9-13/h5-11,15H,4,12,19H2,1-3H3/t15-/m0/s1. The second kappa shape index (κ2) is 7.71. The highest BCUT2D eigenvalue weighted by molar-refractivity contribution is 5.51. The molecular weight excluding hydrogens is 278 g/mol. The van der Waals surface area contributed by atoms with Gasteiger partial charge in [-0.1, -0.05) is 37.3 Å². The highest BCUT2D eigenvalue weighted by Crippen LogP contribution is 2.38. The van der Waals surface area contributed by atoms with Gasteiger partial charge in [-0.25, -0.2) is 0 Å². The smallest absolute Gasteiger partial charge is 0.164 e. The van der Waals surface area contributed by atoms with Gasteiger partial charge < -0.3 is 19.9 Å². The predicted molar refractivity (Wildman–Crippen MR) is 87.5 cm³/mol. The zero-order valence-corrected chi connectivity index (χ0v) is 13.3. The normalized spacial score (nSPS) is 11.8. The molecule has 2 rings (SSSR count). The van der Waals surface area contributed by atoms with Gasteiger partial charge in [0.2, 0.25) is 0 Å². The summed E-state index contributed by atoms with van der Waals surface area (Å²) in [4.78, 5) is 0. The molecule has 0 aliphatic carbocycles. The third-order valence-corrected chi connectivity index (χ3v) is 3.59. The molecule has 0 aromatic heterocycles.